The molecule has 0 radical (unpaired) electrons. The number of halogens is 1. The van der Waals surface area contributed by atoms with E-state index in [9.17, 15) is 9.18 Å². The minimum absolute atomic E-state index is 0.00155. The molecule has 26 heavy (non-hydrogen) atoms. The average molecular weight is 373 g/mol. The highest BCUT2D eigenvalue weighted by Crippen LogP contribution is 2.28. The van der Waals surface area contributed by atoms with Gasteiger partial charge in [0.1, 0.15) is 11.5 Å². The molecule has 6 heteroatoms. The first-order valence-corrected chi connectivity index (χ1v) is 10.3. The molecule has 1 N–H and O–H groups in total. The summed E-state index contributed by atoms with van der Waals surface area (Å²) in [7, 11) is 0. The van der Waals surface area contributed by atoms with E-state index in [0.29, 0.717) is 23.7 Å². The summed E-state index contributed by atoms with van der Waals surface area (Å²) in [5, 5.41) is 6.21. The van der Waals surface area contributed by atoms with Crippen LogP contribution in [-0.4, -0.2) is 41.5 Å². The van der Waals surface area contributed by atoms with Gasteiger partial charge in [-0.1, -0.05) is 18.2 Å². The number of nitrogens with one attached hydrogen (secondary N) is 1. The summed E-state index contributed by atoms with van der Waals surface area (Å²) in [6.45, 7) is 2.69. The third-order valence-corrected chi connectivity index (χ3v) is 6.09. The van der Waals surface area contributed by atoms with Crippen LogP contribution in [-0.2, 0) is 6.42 Å². The van der Waals surface area contributed by atoms with Crippen LogP contribution in [0.2, 0.25) is 0 Å². The predicted octanol–water partition coefficient (Wildman–Crippen LogP) is 3.48. The lowest BCUT2D eigenvalue weighted by atomic mass is 10.0. The number of thiazole rings is 1. The molecule has 1 saturated heterocycles. The molecule has 2 aliphatic rings. The van der Waals surface area contributed by atoms with Gasteiger partial charge in [-0.2, -0.15) is 0 Å². The standard InChI is InChI=1S/C20H24FN3OS/c21-17-4-2-1-3-15(17)11-19-23-18(13-26-19)20(25)24-9-7-16(8-10-24)22-12-14-5-6-14/h1-4,13-14,16,22H,5-12H2. The molecule has 2 fully saturated rings. The second-order valence-electron chi connectivity index (χ2n) is 7.31. The van der Waals surface area contributed by atoms with Crippen molar-refractivity contribution in [2.45, 2.75) is 38.1 Å². The van der Waals surface area contributed by atoms with Gasteiger partial charge in [-0.15, -0.1) is 11.3 Å². The number of likely N-dealkylation sites (tertiary alicyclic amines) is 1. The molecular formula is C20H24FN3OS. The molecule has 0 atom stereocenters. The number of hydrogen-bond donors (Lipinski definition) is 1. The Kier molecular flexibility index (Phi) is 5.31. The average Bonchev–Trinajstić information content (AvgIpc) is 3.38. The number of nitrogens with zero attached hydrogens (tertiary/aromatic N) is 2. The Bertz CT molecular complexity index is 766. The summed E-state index contributed by atoms with van der Waals surface area (Å²) in [5.74, 6) is 0.663. The Hall–Kier alpha value is -1.79. The van der Waals surface area contributed by atoms with Crippen LogP contribution in [0, 0.1) is 11.7 Å². The normalized spacial score (nSPS) is 18.3. The van der Waals surface area contributed by atoms with Crippen LogP contribution in [0.1, 0.15) is 46.7 Å². The Morgan fingerprint density at radius 3 is 2.73 bits per heavy atom. The summed E-state index contributed by atoms with van der Waals surface area (Å²) in [6, 6.07) is 7.25. The van der Waals surface area contributed by atoms with E-state index >= 15 is 0 Å². The molecule has 0 bridgehead atoms. The van der Waals surface area contributed by atoms with Crippen LogP contribution in [0.25, 0.3) is 0 Å². The molecule has 0 spiro atoms. The zero-order valence-electron chi connectivity index (χ0n) is 14.8. The molecule has 2 heterocycles. The summed E-state index contributed by atoms with van der Waals surface area (Å²) in [6.07, 6.45) is 5.17. The molecule has 4 rings (SSSR count). The Morgan fingerprint density at radius 1 is 1.23 bits per heavy atom. The number of piperidine rings is 1. The van der Waals surface area contributed by atoms with Crippen molar-refractivity contribution >= 4 is 17.2 Å². The van der Waals surface area contributed by atoms with Gasteiger partial charge in [0.25, 0.3) is 5.91 Å². The van der Waals surface area contributed by atoms with Crippen LogP contribution in [0.5, 0.6) is 0 Å². The molecule has 138 valence electrons. The van der Waals surface area contributed by atoms with Crippen LogP contribution in [0.15, 0.2) is 29.6 Å². The summed E-state index contributed by atoms with van der Waals surface area (Å²) in [4.78, 5) is 19.0. The van der Waals surface area contributed by atoms with Gasteiger partial charge in [0.2, 0.25) is 0 Å². The smallest absolute Gasteiger partial charge is 0.273 e. The van der Waals surface area contributed by atoms with Crippen molar-refractivity contribution in [3.8, 4) is 0 Å². The SMILES string of the molecule is O=C(c1csc(Cc2ccccc2F)n1)N1CCC(NCC2CC2)CC1. The number of rotatable bonds is 6. The van der Waals surface area contributed by atoms with Gasteiger partial charge in [0.05, 0.1) is 5.01 Å². The number of aromatic nitrogens is 1. The fourth-order valence-electron chi connectivity index (χ4n) is 3.40. The number of carbonyl (C=O) groups is 1. The third kappa shape index (κ3) is 4.30. The second kappa shape index (κ2) is 7.84. The van der Waals surface area contributed by atoms with E-state index < -0.39 is 0 Å². The van der Waals surface area contributed by atoms with Crippen LogP contribution < -0.4 is 5.32 Å². The van der Waals surface area contributed by atoms with Gasteiger partial charge in [-0.3, -0.25) is 4.79 Å². The molecule has 1 amide bonds. The molecule has 1 aliphatic heterocycles. The van der Waals surface area contributed by atoms with Crippen molar-refractivity contribution in [2.75, 3.05) is 19.6 Å². The number of hydrogen-bond acceptors (Lipinski definition) is 4. The predicted molar refractivity (Wildman–Crippen MR) is 101 cm³/mol. The van der Waals surface area contributed by atoms with E-state index in [2.05, 4.69) is 10.3 Å². The molecule has 1 aliphatic carbocycles. The highest BCUT2D eigenvalue weighted by molar-refractivity contribution is 7.09. The molecule has 4 nitrogen and oxygen atoms in total. The van der Waals surface area contributed by atoms with E-state index in [1.807, 2.05) is 11.0 Å². The van der Waals surface area contributed by atoms with Crippen molar-refractivity contribution < 1.29 is 9.18 Å². The monoisotopic (exact) mass is 373 g/mol. The quantitative estimate of drug-likeness (QED) is 0.843. The lowest BCUT2D eigenvalue weighted by molar-refractivity contribution is 0.0699. The summed E-state index contributed by atoms with van der Waals surface area (Å²) >= 11 is 1.43. The van der Waals surface area contributed by atoms with Gasteiger partial charge in [0.15, 0.2) is 0 Å². The van der Waals surface area contributed by atoms with Crippen molar-refractivity contribution in [3.63, 3.8) is 0 Å². The van der Waals surface area contributed by atoms with Crippen molar-refractivity contribution in [1.29, 1.82) is 0 Å². The maximum Gasteiger partial charge on any atom is 0.273 e. The highest BCUT2D eigenvalue weighted by Gasteiger charge is 2.27. The Labute approximate surface area is 157 Å². The number of amides is 1. The first-order valence-electron chi connectivity index (χ1n) is 9.39. The second-order valence-corrected chi connectivity index (χ2v) is 8.26. The first kappa shape index (κ1) is 17.6. The van der Waals surface area contributed by atoms with Crippen LogP contribution in [0.3, 0.4) is 0 Å². The van der Waals surface area contributed by atoms with Crippen LogP contribution in [0.4, 0.5) is 4.39 Å². The topological polar surface area (TPSA) is 45.2 Å². The molecule has 1 saturated carbocycles. The zero-order valence-corrected chi connectivity index (χ0v) is 15.6. The van der Waals surface area contributed by atoms with Gasteiger partial charge in [0, 0.05) is 30.9 Å². The molecular weight excluding hydrogens is 349 g/mol. The van der Waals surface area contributed by atoms with Crippen molar-refractivity contribution in [3.05, 3.63) is 51.7 Å². The maximum atomic E-state index is 13.8. The van der Waals surface area contributed by atoms with Crippen molar-refractivity contribution in [1.82, 2.24) is 15.2 Å². The van der Waals surface area contributed by atoms with Crippen molar-refractivity contribution in [2.24, 2.45) is 5.92 Å². The van der Waals surface area contributed by atoms with E-state index in [1.54, 1.807) is 17.5 Å². The van der Waals surface area contributed by atoms with E-state index in [0.717, 1.165) is 43.4 Å². The Balaban J connectivity index is 1.31. The maximum absolute atomic E-state index is 13.8. The zero-order chi connectivity index (χ0) is 17.9. The largest absolute Gasteiger partial charge is 0.337 e. The van der Waals surface area contributed by atoms with Crippen LogP contribution >= 0.6 is 11.3 Å². The minimum Gasteiger partial charge on any atom is -0.337 e. The molecule has 0 unspecified atom stereocenters. The van der Waals surface area contributed by atoms with Gasteiger partial charge < -0.3 is 10.2 Å². The van der Waals surface area contributed by atoms with Gasteiger partial charge in [-0.05, 0) is 49.8 Å². The lowest BCUT2D eigenvalue weighted by Crippen LogP contribution is -2.45. The van der Waals surface area contributed by atoms with E-state index in [1.165, 1.54) is 30.2 Å². The number of benzene rings is 1. The lowest BCUT2D eigenvalue weighted by Gasteiger charge is -2.32. The molecule has 1 aromatic heterocycles. The minimum atomic E-state index is -0.226. The summed E-state index contributed by atoms with van der Waals surface area (Å²) < 4.78 is 13.8. The van der Waals surface area contributed by atoms with E-state index in [-0.39, 0.29) is 11.7 Å². The fourth-order valence-corrected chi connectivity index (χ4v) is 4.19. The highest BCUT2D eigenvalue weighted by atomic mass is 32.1. The molecule has 2 aromatic rings. The Morgan fingerprint density at radius 2 is 2.00 bits per heavy atom. The summed E-state index contributed by atoms with van der Waals surface area (Å²) in [5.41, 5.74) is 1.11. The number of carbonyl (C=O) groups excluding carboxylic acids is 1. The molecule has 1 aromatic carbocycles. The fraction of sp³-hybridized carbons (Fsp3) is 0.500. The first-order chi connectivity index (χ1) is 12.7. The van der Waals surface area contributed by atoms with E-state index in [4.69, 9.17) is 0 Å². The van der Waals surface area contributed by atoms with Gasteiger partial charge in [-0.25, -0.2) is 9.37 Å². The third-order valence-electron chi connectivity index (χ3n) is 5.24. The van der Waals surface area contributed by atoms with Gasteiger partial charge >= 0.3 is 0 Å².